The predicted octanol–water partition coefficient (Wildman–Crippen LogP) is 0.943. The minimum atomic E-state index is -0.194. The molecule has 0 atom stereocenters. The van der Waals surface area contributed by atoms with Gasteiger partial charge in [0, 0.05) is 51.5 Å². The molecule has 1 aliphatic heterocycles. The highest BCUT2D eigenvalue weighted by Crippen LogP contribution is 2.15. The molecule has 4 rings (SSSR count). The molecule has 1 aliphatic rings. The van der Waals surface area contributed by atoms with Crippen LogP contribution in [-0.4, -0.2) is 58.6 Å². The van der Waals surface area contributed by atoms with E-state index in [2.05, 4.69) is 32.1 Å². The molecule has 0 aliphatic carbocycles. The average molecular weight is 380 g/mol. The molecular weight excluding hydrogens is 356 g/mol. The van der Waals surface area contributed by atoms with E-state index in [1.807, 2.05) is 12.1 Å². The predicted molar refractivity (Wildman–Crippen MR) is 109 cm³/mol. The maximum Gasteiger partial charge on any atom is 0.326 e. The molecule has 2 aromatic heterocycles. The first kappa shape index (κ1) is 18.2. The van der Waals surface area contributed by atoms with Gasteiger partial charge in [0.05, 0.1) is 11.0 Å². The zero-order chi connectivity index (χ0) is 19.7. The van der Waals surface area contributed by atoms with E-state index in [0.717, 1.165) is 43.1 Å². The third-order valence-corrected chi connectivity index (χ3v) is 5.26. The third kappa shape index (κ3) is 3.63. The number of likely N-dealkylation sites (N-methyl/N-ethyl adjacent to an activating group) is 1. The number of anilines is 1. The second-order valence-corrected chi connectivity index (χ2v) is 7.22. The standard InChI is InChI=1S/C20H24N6O2/c1-24-7-9-26(10-8-24)18-11-14(5-6-21-18)13-22-19(27)15-3-4-17-16(12-15)23-20(28)25(17)2/h3-6,11-12H,7-10,13H2,1-2H3,(H,22,27)(H,23,28). The van der Waals surface area contributed by atoms with Crippen LogP contribution in [0.15, 0.2) is 41.3 Å². The number of nitrogens with zero attached hydrogens (tertiary/aromatic N) is 4. The second kappa shape index (κ2) is 7.47. The van der Waals surface area contributed by atoms with Gasteiger partial charge in [-0.1, -0.05) is 0 Å². The van der Waals surface area contributed by atoms with Gasteiger partial charge in [0.25, 0.3) is 5.91 Å². The molecule has 0 unspecified atom stereocenters. The minimum absolute atomic E-state index is 0.176. The maximum atomic E-state index is 12.5. The van der Waals surface area contributed by atoms with Gasteiger partial charge in [-0.25, -0.2) is 9.78 Å². The zero-order valence-corrected chi connectivity index (χ0v) is 16.1. The lowest BCUT2D eigenvalue weighted by molar-refractivity contribution is 0.0951. The number of aromatic nitrogens is 3. The Morgan fingerprint density at radius 2 is 1.93 bits per heavy atom. The molecule has 0 radical (unpaired) electrons. The SMILES string of the molecule is CN1CCN(c2cc(CNC(=O)c3ccc4c(c3)[nH]c(=O)n4C)ccn2)CC1. The smallest absolute Gasteiger partial charge is 0.326 e. The number of piperazine rings is 1. The van der Waals surface area contributed by atoms with Gasteiger partial charge in [-0.2, -0.15) is 0 Å². The maximum absolute atomic E-state index is 12.5. The van der Waals surface area contributed by atoms with Gasteiger partial charge in [-0.05, 0) is 42.9 Å². The molecule has 8 nitrogen and oxygen atoms in total. The fourth-order valence-electron chi connectivity index (χ4n) is 3.44. The number of rotatable bonds is 4. The van der Waals surface area contributed by atoms with Gasteiger partial charge in [0.15, 0.2) is 0 Å². The second-order valence-electron chi connectivity index (χ2n) is 7.22. The summed E-state index contributed by atoms with van der Waals surface area (Å²) in [4.78, 5) is 36.0. The number of carbonyl (C=O) groups is 1. The van der Waals surface area contributed by atoms with Gasteiger partial charge < -0.3 is 20.1 Å². The number of amides is 1. The largest absolute Gasteiger partial charge is 0.354 e. The Labute approximate surface area is 162 Å². The van der Waals surface area contributed by atoms with Crippen LogP contribution >= 0.6 is 0 Å². The van der Waals surface area contributed by atoms with Crippen molar-refractivity contribution in [1.82, 2.24) is 24.8 Å². The van der Waals surface area contributed by atoms with Crippen molar-refractivity contribution in [3.05, 3.63) is 58.1 Å². The summed E-state index contributed by atoms with van der Waals surface area (Å²) in [6.45, 7) is 4.37. The van der Waals surface area contributed by atoms with Gasteiger partial charge >= 0.3 is 5.69 Å². The lowest BCUT2D eigenvalue weighted by atomic mass is 10.1. The molecule has 1 aromatic carbocycles. The summed E-state index contributed by atoms with van der Waals surface area (Å²) >= 11 is 0. The van der Waals surface area contributed by atoms with Crippen LogP contribution in [-0.2, 0) is 13.6 Å². The summed E-state index contributed by atoms with van der Waals surface area (Å²) in [6, 6.07) is 9.16. The zero-order valence-electron chi connectivity index (χ0n) is 16.1. The van der Waals surface area contributed by atoms with Crippen molar-refractivity contribution < 1.29 is 4.79 Å². The first-order chi connectivity index (χ1) is 13.5. The Bertz CT molecular complexity index is 1060. The highest BCUT2D eigenvalue weighted by Gasteiger charge is 2.15. The summed E-state index contributed by atoms with van der Waals surface area (Å²) in [5.41, 5.74) is 2.75. The van der Waals surface area contributed by atoms with Crippen LogP contribution in [0, 0.1) is 0 Å². The molecule has 146 valence electrons. The van der Waals surface area contributed by atoms with E-state index in [1.54, 1.807) is 31.4 Å². The van der Waals surface area contributed by atoms with Crippen molar-refractivity contribution in [3.63, 3.8) is 0 Å². The van der Waals surface area contributed by atoms with E-state index >= 15 is 0 Å². The number of aromatic amines is 1. The van der Waals surface area contributed by atoms with Crippen molar-refractivity contribution in [3.8, 4) is 0 Å². The van der Waals surface area contributed by atoms with Crippen LogP contribution in [0.5, 0.6) is 0 Å². The fourth-order valence-corrected chi connectivity index (χ4v) is 3.44. The Kier molecular flexibility index (Phi) is 4.87. The Balaban J connectivity index is 1.43. The molecule has 1 amide bonds. The number of carbonyl (C=O) groups excluding carboxylic acids is 1. The molecule has 8 heteroatoms. The molecule has 1 fully saturated rings. The van der Waals surface area contributed by atoms with E-state index in [-0.39, 0.29) is 11.6 Å². The molecule has 2 N–H and O–H groups in total. The highest BCUT2D eigenvalue weighted by molar-refractivity contribution is 5.97. The van der Waals surface area contributed by atoms with Crippen molar-refractivity contribution >= 4 is 22.8 Å². The first-order valence-corrected chi connectivity index (χ1v) is 9.36. The third-order valence-electron chi connectivity index (χ3n) is 5.26. The van der Waals surface area contributed by atoms with Crippen LogP contribution in [0.25, 0.3) is 11.0 Å². The van der Waals surface area contributed by atoms with E-state index in [9.17, 15) is 9.59 Å². The molecule has 3 aromatic rings. The number of pyridine rings is 1. The van der Waals surface area contributed by atoms with Crippen LogP contribution < -0.4 is 15.9 Å². The van der Waals surface area contributed by atoms with Crippen LogP contribution in [0.1, 0.15) is 15.9 Å². The number of fused-ring (bicyclic) bond motifs is 1. The molecule has 0 spiro atoms. The molecule has 1 saturated heterocycles. The van der Waals surface area contributed by atoms with E-state index in [1.165, 1.54) is 4.57 Å². The van der Waals surface area contributed by atoms with Gasteiger partial charge in [-0.3, -0.25) is 9.36 Å². The minimum Gasteiger partial charge on any atom is -0.354 e. The quantitative estimate of drug-likeness (QED) is 0.704. The topological polar surface area (TPSA) is 86.3 Å². The molecule has 0 saturated carbocycles. The first-order valence-electron chi connectivity index (χ1n) is 9.36. The highest BCUT2D eigenvalue weighted by atomic mass is 16.2. The van der Waals surface area contributed by atoms with Gasteiger partial charge in [0.2, 0.25) is 0 Å². The fraction of sp³-hybridized carbons (Fsp3) is 0.350. The lowest BCUT2D eigenvalue weighted by Crippen LogP contribution is -2.44. The van der Waals surface area contributed by atoms with Crippen LogP contribution in [0.3, 0.4) is 0 Å². The van der Waals surface area contributed by atoms with Crippen molar-refractivity contribution in [2.75, 3.05) is 38.1 Å². The molecule has 28 heavy (non-hydrogen) atoms. The molecular formula is C20H24N6O2. The number of H-pyrrole nitrogens is 1. The average Bonchev–Trinajstić information content (AvgIpc) is 3.00. The van der Waals surface area contributed by atoms with Gasteiger partial charge in [-0.15, -0.1) is 0 Å². The lowest BCUT2D eigenvalue weighted by Gasteiger charge is -2.33. The van der Waals surface area contributed by atoms with E-state index < -0.39 is 0 Å². The van der Waals surface area contributed by atoms with Crippen LogP contribution in [0.4, 0.5) is 5.82 Å². The van der Waals surface area contributed by atoms with E-state index in [4.69, 9.17) is 0 Å². The summed E-state index contributed by atoms with van der Waals surface area (Å²) in [6.07, 6.45) is 1.79. The summed E-state index contributed by atoms with van der Waals surface area (Å²) in [5.74, 6) is 0.771. The number of aryl methyl sites for hydroxylation is 1. The number of hydrogen-bond donors (Lipinski definition) is 2. The van der Waals surface area contributed by atoms with Crippen molar-refractivity contribution in [1.29, 1.82) is 0 Å². The summed E-state index contributed by atoms with van der Waals surface area (Å²) in [7, 11) is 3.82. The van der Waals surface area contributed by atoms with Crippen molar-refractivity contribution in [2.45, 2.75) is 6.54 Å². The number of imidazole rings is 1. The molecule has 0 bridgehead atoms. The number of hydrogen-bond acceptors (Lipinski definition) is 5. The molecule has 3 heterocycles. The summed E-state index contributed by atoms with van der Waals surface area (Å²) in [5, 5.41) is 2.95. The number of nitrogens with one attached hydrogen (secondary N) is 2. The van der Waals surface area contributed by atoms with Crippen molar-refractivity contribution in [2.24, 2.45) is 7.05 Å². The van der Waals surface area contributed by atoms with Crippen LogP contribution in [0.2, 0.25) is 0 Å². The van der Waals surface area contributed by atoms with E-state index in [0.29, 0.717) is 17.6 Å². The number of benzene rings is 1. The Hall–Kier alpha value is -3.13. The summed E-state index contributed by atoms with van der Waals surface area (Å²) < 4.78 is 1.52. The normalized spacial score (nSPS) is 15.1. The van der Waals surface area contributed by atoms with Gasteiger partial charge in [0.1, 0.15) is 5.82 Å². The Morgan fingerprint density at radius 3 is 2.71 bits per heavy atom. The Morgan fingerprint density at radius 1 is 1.14 bits per heavy atom. The monoisotopic (exact) mass is 380 g/mol.